The lowest BCUT2D eigenvalue weighted by Gasteiger charge is -2.01. The van der Waals surface area contributed by atoms with Crippen LogP contribution in [0.15, 0.2) is 46.6 Å². The van der Waals surface area contributed by atoms with Gasteiger partial charge >= 0.3 is 11.9 Å². The summed E-state index contributed by atoms with van der Waals surface area (Å²) in [5.41, 5.74) is 0.607. The Hall–Kier alpha value is -2.44. The average molecular weight is 339 g/mol. The predicted octanol–water partition coefficient (Wildman–Crippen LogP) is 4.81. The van der Waals surface area contributed by atoms with E-state index in [2.05, 4.69) is 10.2 Å². The second-order valence-electron chi connectivity index (χ2n) is 4.14. The predicted molar refractivity (Wildman–Crippen MR) is 81.0 cm³/mol. The summed E-state index contributed by atoms with van der Waals surface area (Å²) >= 11 is 11.8. The number of nitrogens with zero attached hydrogens (tertiary/aromatic N) is 2. The van der Waals surface area contributed by atoms with Crippen LogP contribution in [0.3, 0.4) is 0 Å². The first-order valence-corrected chi connectivity index (χ1v) is 6.61. The fraction of sp³-hybridized carbons (Fsp3) is 0. The number of carboxylic acids is 2. The van der Waals surface area contributed by atoms with Crippen molar-refractivity contribution in [2.24, 2.45) is 10.2 Å². The smallest absolute Gasteiger partial charge is 0.335 e. The van der Waals surface area contributed by atoms with E-state index in [9.17, 15) is 9.59 Å². The topological polar surface area (TPSA) is 99.3 Å². The van der Waals surface area contributed by atoms with Crippen molar-refractivity contribution in [3.8, 4) is 0 Å². The lowest BCUT2D eigenvalue weighted by Crippen LogP contribution is -1.95. The molecule has 0 aliphatic rings. The van der Waals surface area contributed by atoms with Crippen molar-refractivity contribution in [3.63, 3.8) is 0 Å². The van der Waals surface area contributed by atoms with Crippen LogP contribution in [0, 0.1) is 0 Å². The van der Waals surface area contributed by atoms with Gasteiger partial charge in [-0.1, -0.05) is 23.2 Å². The molecule has 0 aliphatic carbocycles. The first kappa shape index (κ1) is 15.9. The number of rotatable bonds is 4. The SMILES string of the molecule is O=C(O)c1ccc(/N=N/c2ccc(C(=O)O)cc2Cl)c(Cl)c1. The van der Waals surface area contributed by atoms with E-state index in [0.29, 0.717) is 0 Å². The van der Waals surface area contributed by atoms with Crippen LogP contribution in [0.2, 0.25) is 10.0 Å². The summed E-state index contributed by atoms with van der Waals surface area (Å²) in [7, 11) is 0. The summed E-state index contributed by atoms with van der Waals surface area (Å²) < 4.78 is 0. The van der Waals surface area contributed by atoms with Gasteiger partial charge in [-0.3, -0.25) is 0 Å². The number of hydrogen-bond donors (Lipinski definition) is 2. The quantitative estimate of drug-likeness (QED) is 0.781. The average Bonchev–Trinajstić information content (AvgIpc) is 2.46. The number of benzene rings is 2. The number of azo groups is 1. The molecule has 0 aromatic heterocycles. The van der Waals surface area contributed by atoms with Gasteiger partial charge in [-0.05, 0) is 36.4 Å². The van der Waals surface area contributed by atoms with Crippen molar-refractivity contribution in [1.82, 2.24) is 0 Å². The van der Waals surface area contributed by atoms with Crippen molar-refractivity contribution < 1.29 is 19.8 Å². The van der Waals surface area contributed by atoms with Crippen LogP contribution in [0.25, 0.3) is 0 Å². The highest BCUT2D eigenvalue weighted by atomic mass is 35.5. The Kier molecular flexibility index (Phi) is 4.75. The maximum absolute atomic E-state index is 10.8. The van der Waals surface area contributed by atoms with Gasteiger partial charge in [0.05, 0.1) is 21.2 Å². The van der Waals surface area contributed by atoms with Gasteiger partial charge in [0.15, 0.2) is 0 Å². The second-order valence-corrected chi connectivity index (χ2v) is 4.96. The van der Waals surface area contributed by atoms with E-state index in [1.165, 1.54) is 36.4 Å². The highest BCUT2D eigenvalue weighted by Crippen LogP contribution is 2.31. The van der Waals surface area contributed by atoms with Gasteiger partial charge in [0.2, 0.25) is 0 Å². The zero-order valence-electron chi connectivity index (χ0n) is 10.8. The lowest BCUT2D eigenvalue weighted by molar-refractivity contribution is 0.0686. The number of carboxylic acid groups (broad SMARTS) is 2. The van der Waals surface area contributed by atoms with Gasteiger partial charge in [-0.15, -0.1) is 10.2 Å². The molecular formula is C14H8Cl2N2O4. The number of carbonyl (C=O) groups is 2. The molecule has 2 rings (SSSR count). The third-order valence-electron chi connectivity index (χ3n) is 2.65. The van der Waals surface area contributed by atoms with Crippen molar-refractivity contribution in [2.45, 2.75) is 0 Å². The fourth-order valence-corrected chi connectivity index (χ4v) is 1.99. The molecule has 0 saturated heterocycles. The molecule has 0 heterocycles. The summed E-state index contributed by atoms with van der Waals surface area (Å²) in [6.07, 6.45) is 0. The van der Waals surface area contributed by atoms with Crippen LogP contribution in [0.4, 0.5) is 11.4 Å². The van der Waals surface area contributed by atoms with E-state index in [1.54, 1.807) is 0 Å². The van der Waals surface area contributed by atoms with Crippen LogP contribution in [-0.2, 0) is 0 Å². The van der Waals surface area contributed by atoms with E-state index in [0.717, 1.165) is 0 Å². The second kappa shape index (κ2) is 6.55. The molecule has 0 atom stereocenters. The van der Waals surface area contributed by atoms with E-state index in [1.807, 2.05) is 0 Å². The van der Waals surface area contributed by atoms with Crippen molar-refractivity contribution >= 4 is 46.5 Å². The van der Waals surface area contributed by atoms with Crippen LogP contribution in [0.1, 0.15) is 20.7 Å². The molecule has 6 nitrogen and oxygen atoms in total. The largest absolute Gasteiger partial charge is 0.478 e. The zero-order valence-corrected chi connectivity index (χ0v) is 12.3. The molecule has 0 amide bonds. The molecule has 0 saturated carbocycles. The lowest BCUT2D eigenvalue weighted by atomic mass is 10.2. The summed E-state index contributed by atoms with van der Waals surface area (Å²) in [5.74, 6) is -2.20. The van der Waals surface area contributed by atoms with Crippen molar-refractivity contribution in [2.75, 3.05) is 0 Å². The Labute approximate surface area is 134 Å². The molecule has 2 aromatic rings. The van der Waals surface area contributed by atoms with Crippen molar-refractivity contribution in [3.05, 3.63) is 57.6 Å². The molecule has 8 heteroatoms. The Morgan fingerprint density at radius 2 is 1.14 bits per heavy atom. The molecule has 2 aromatic carbocycles. The maximum atomic E-state index is 10.8. The molecule has 0 radical (unpaired) electrons. The Morgan fingerprint density at radius 1 is 0.773 bits per heavy atom. The van der Waals surface area contributed by atoms with Gasteiger partial charge in [-0.25, -0.2) is 9.59 Å². The van der Waals surface area contributed by atoms with E-state index >= 15 is 0 Å². The van der Waals surface area contributed by atoms with Crippen LogP contribution < -0.4 is 0 Å². The Balaban J connectivity index is 2.29. The summed E-state index contributed by atoms with van der Waals surface area (Å²) in [4.78, 5) is 21.6. The van der Waals surface area contributed by atoms with E-state index in [4.69, 9.17) is 33.4 Å². The first-order chi connectivity index (χ1) is 10.4. The molecule has 22 heavy (non-hydrogen) atoms. The van der Waals surface area contributed by atoms with Crippen LogP contribution in [-0.4, -0.2) is 22.2 Å². The first-order valence-electron chi connectivity index (χ1n) is 5.86. The molecule has 0 unspecified atom stereocenters. The minimum Gasteiger partial charge on any atom is -0.478 e. The minimum absolute atomic E-state index is 0.0350. The number of halogens is 2. The zero-order chi connectivity index (χ0) is 16.3. The maximum Gasteiger partial charge on any atom is 0.335 e. The third kappa shape index (κ3) is 3.60. The van der Waals surface area contributed by atoms with E-state index in [-0.39, 0.29) is 32.5 Å². The number of aromatic carboxylic acids is 2. The molecular weight excluding hydrogens is 331 g/mol. The minimum atomic E-state index is -1.10. The molecule has 0 bridgehead atoms. The van der Waals surface area contributed by atoms with Gasteiger partial charge in [0.1, 0.15) is 11.4 Å². The number of hydrogen-bond acceptors (Lipinski definition) is 4. The normalized spacial score (nSPS) is 10.8. The molecule has 2 N–H and O–H groups in total. The van der Waals surface area contributed by atoms with Crippen LogP contribution in [0.5, 0.6) is 0 Å². The molecule has 0 fully saturated rings. The van der Waals surface area contributed by atoms with Gasteiger partial charge in [0.25, 0.3) is 0 Å². The highest BCUT2D eigenvalue weighted by Gasteiger charge is 2.08. The van der Waals surface area contributed by atoms with Crippen molar-refractivity contribution in [1.29, 1.82) is 0 Å². The van der Waals surface area contributed by atoms with E-state index < -0.39 is 11.9 Å². The summed E-state index contributed by atoms with van der Waals surface area (Å²) in [6, 6.07) is 8.03. The molecule has 112 valence electrons. The highest BCUT2D eigenvalue weighted by molar-refractivity contribution is 6.33. The molecule has 0 aliphatic heterocycles. The summed E-state index contributed by atoms with van der Waals surface area (Å²) in [5, 5.41) is 25.7. The Bertz CT molecular complexity index is 725. The third-order valence-corrected chi connectivity index (χ3v) is 3.26. The van der Waals surface area contributed by atoms with Gasteiger partial charge < -0.3 is 10.2 Å². The molecule has 0 spiro atoms. The summed E-state index contributed by atoms with van der Waals surface area (Å²) in [6.45, 7) is 0. The van der Waals surface area contributed by atoms with Gasteiger partial charge in [-0.2, -0.15) is 0 Å². The van der Waals surface area contributed by atoms with Crippen LogP contribution >= 0.6 is 23.2 Å². The fourth-order valence-electron chi connectivity index (χ4n) is 1.55. The Morgan fingerprint density at radius 3 is 1.41 bits per heavy atom. The van der Waals surface area contributed by atoms with Gasteiger partial charge in [0, 0.05) is 0 Å². The monoisotopic (exact) mass is 338 g/mol. The standard InChI is InChI=1S/C14H8Cl2N2O4/c15-9-5-7(13(19)20)1-3-11(9)17-18-12-4-2-8(14(21)22)6-10(12)16/h1-6H,(H,19,20)(H,21,22)/b18-17+.